The summed E-state index contributed by atoms with van der Waals surface area (Å²) in [7, 11) is 0. The van der Waals surface area contributed by atoms with Crippen LogP contribution >= 0.6 is 0 Å². The zero-order valence-corrected chi connectivity index (χ0v) is 14.1. The lowest BCUT2D eigenvalue weighted by molar-refractivity contribution is -0.241. The van der Waals surface area contributed by atoms with Crippen LogP contribution < -0.4 is 0 Å². The number of piperidine rings is 1. The van der Waals surface area contributed by atoms with Crippen LogP contribution in [0.2, 0.25) is 0 Å². The summed E-state index contributed by atoms with van der Waals surface area (Å²) in [5, 5.41) is 11.5. The Morgan fingerprint density at radius 2 is 2.04 bits per heavy atom. The maximum atomic E-state index is 12.5. The van der Waals surface area contributed by atoms with Gasteiger partial charge in [-0.25, -0.2) is 0 Å². The molecule has 2 fully saturated rings. The van der Waals surface area contributed by atoms with Crippen molar-refractivity contribution in [1.82, 2.24) is 9.80 Å². The van der Waals surface area contributed by atoms with Crippen LogP contribution in [0, 0.1) is 11.8 Å². The molecule has 130 valence electrons. The molecule has 2 aliphatic heterocycles. The van der Waals surface area contributed by atoms with E-state index in [2.05, 4.69) is 0 Å². The minimum Gasteiger partial charge on any atom is -0.466 e. The Hall–Kier alpha value is -1.92. The van der Waals surface area contributed by atoms with E-state index in [1.54, 1.807) is 6.92 Å². The van der Waals surface area contributed by atoms with E-state index in [9.17, 15) is 14.7 Å². The number of amides is 1. The highest BCUT2D eigenvalue weighted by molar-refractivity contribution is 5.83. The minimum absolute atomic E-state index is 0.110. The Morgan fingerprint density at radius 1 is 1.33 bits per heavy atom. The fourth-order valence-electron chi connectivity index (χ4n) is 3.90. The summed E-state index contributed by atoms with van der Waals surface area (Å²) >= 11 is 0. The summed E-state index contributed by atoms with van der Waals surface area (Å²) < 4.78 is 5.20. The lowest BCUT2D eigenvalue weighted by Crippen LogP contribution is -2.66. The predicted octanol–water partition coefficient (Wildman–Crippen LogP) is 1.20. The second kappa shape index (κ2) is 6.53. The van der Waals surface area contributed by atoms with Gasteiger partial charge in [0, 0.05) is 26.1 Å². The van der Waals surface area contributed by atoms with Crippen LogP contribution in [-0.4, -0.2) is 52.3 Å². The average Bonchev–Trinajstić information content (AvgIpc) is 2.86. The normalized spacial score (nSPS) is 30.3. The third kappa shape index (κ3) is 2.70. The van der Waals surface area contributed by atoms with Gasteiger partial charge < -0.3 is 9.84 Å². The second-order valence-corrected chi connectivity index (χ2v) is 6.55. The van der Waals surface area contributed by atoms with Gasteiger partial charge in [-0.05, 0) is 18.4 Å². The van der Waals surface area contributed by atoms with E-state index in [1.807, 2.05) is 42.2 Å². The van der Waals surface area contributed by atoms with Crippen molar-refractivity contribution in [2.24, 2.45) is 11.8 Å². The molecule has 3 rings (SSSR count). The first-order valence-corrected chi connectivity index (χ1v) is 8.47. The molecule has 0 aliphatic carbocycles. The molecule has 0 spiro atoms. The van der Waals surface area contributed by atoms with E-state index in [1.165, 1.54) is 4.90 Å². The molecule has 3 unspecified atom stereocenters. The molecule has 0 bridgehead atoms. The van der Waals surface area contributed by atoms with Gasteiger partial charge >= 0.3 is 5.97 Å². The number of rotatable bonds is 4. The van der Waals surface area contributed by atoms with Gasteiger partial charge in [-0.15, -0.1) is 0 Å². The number of aliphatic hydroxyl groups is 1. The topological polar surface area (TPSA) is 70.1 Å². The van der Waals surface area contributed by atoms with Crippen LogP contribution in [0.1, 0.15) is 25.8 Å². The Morgan fingerprint density at radius 3 is 2.71 bits per heavy atom. The van der Waals surface area contributed by atoms with E-state index < -0.39 is 17.7 Å². The first-order valence-electron chi connectivity index (χ1n) is 8.47. The summed E-state index contributed by atoms with van der Waals surface area (Å²) in [4.78, 5) is 28.2. The number of benzene rings is 1. The van der Waals surface area contributed by atoms with Crippen molar-refractivity contribution < 1.29 is 19.4 Å². The average molecular weight is 332 g/mol. The number of ether oxygens (including phenoxy) is 1. The quantitative estimate of drug-likeness (QED) is 0.839. The monoisotopic (exact) mass is 332 g/mol. The first kappa shape index (κ1) is 16.9. The number of nitrogens with zero attached hydrogens (tertiary/aromatic N) is 2. The third-order valence-electron chi connectivity index (χ3n) is 5.00. The molecule has 24 heavy (non-hydrogen) atoms. The molecule has 1 aromatic rings. The first-order chi connectivity index (χ1) is 11.5. The summed E-state index contributed by atoms with van der Waals surface area (Å²) in [6, 6.07) is 9.75. The van der Waals surface area contributed by atoms with Crippen LogP contribution in [0.5, 0.6) is 0 Å². The highest BCUT2D eigenvalue weighted by Gasteiger charge is 2.61. The van der Waals surface area contributed by atoms with Crippen molar-refractivity contribution >= 4 is 11.9 Å². The zero-order chi connectivity index (χ0) is 17.3. The van der Waals surface area contributed by atoms with Crippen LogP contribution in [0.25, 0.3) is 0 Å². The Labute approximate surface area is 142 Å². The molecule has 2 saturated heterocycles. The lowest BCUT2D eigenvalue weighted by atomic mass is 9.81. The molecule has 6 nitrogen and oxygen atoms in total. The highest BCUT2D eigenvalue weighted by atomic mass is 16.5. The van der Waals surface area contributed by atoms with Gasteiger partial charge in [0.25, 0.3) is 0 Å². The highest BCUT2D eigenvalue weighted by Crippen LogP contribution is 2.43. The lowest BCUT2D eigenvalue weighted by Gasteiger charge is -2.48. The Balaban J connectivity index is 1.94. The van der Waals surface area contributed by atoms with Crippen LogP contribution in [0.4, 0.5) is 0 Å². The number of hydrogen-bond donors (Lipinski definition) is 1. The summed E-state index contributed by atoms with van der Waals surface area (Å²) in [5.74, 6) is -3.20. The van der Waals surface area contributed by atoms with E-state index in [0.717, 1.165) is 5.56 Å². The van der Waals surface area contributed by atoms with E-state index in [4.69, 9.17) is 4.74 Å². The third-order valence-corrected chi connectivity index (χ3v) is 5.00. The molecule has 0 saturated carbocycles. The maximum absolute atomic E-state index is 12.5. The fraction of sp³-hybridized carbons (Fsp3) is 0.556. The van der Waals surface area contributed by atoms with E-state index in [-0.39, 0.29) is 24.9 Å². The molecule has 0 radical (unpaired) electrons. The molecule has 1 N–H and O–H groups in total. The SMILES string of the molecule is CCOC(=O)C1C(C)CC(=O)N2CCN(Cc3ccccc3)C12O. The summed E-state index contributed by atoms with van der Waals surface area (Å²) in [6.07, 6.45) is 0.255. The van der Waals surface area contributed by atoms with Crippen LogP contribution in [-0.2, 0) is 20.9 Å². The molecule has 3 atom stereocenters. The van der Waals surface area contributed by atoms with Crippen molar-refractivity contribution in [3.63, 3.8) is 0 Å². The van der Waals surface area contributed by atoms with Crippen molar-refractivity contribution in [2.45, 2.75) is 32.7 Å². The van der Waals surface area contributed by atoms with Gasteiger partial charge in [0.05, 0.1) is 6.61 Å². The number of carbonyl (C=O) groups excluding carboxylic acids is 2. The summed E-state index contributed by atoms with van der Waals surface area (Å²) in [5.41, 5.74) is 1.03. The van der Waals surface area contributed by atoms with Gasteiger partial charge in [-0.3, -0.25) is 19.4 Å². The molecule has 1 amide bonds. The van der Waals surface area contributed by atoms with Crippen molar-refractivity contribution in [1.29, 1.82) is 0 Å². The van der Waals surface area contributed by atoms with E-state index in [0.29, 0.717) is 19.6 Å². The standard InChI is InChI=1S/C18H24N2O4/c1-3-24-17(22)16-13(2)11-15(21)20-10-9-19(18(16,20)23)12-14-7-5-4-6-8-14/h4-8,13,16,23H,3,9-12H2,1-2H3. The largest absolute Gasteiger partial charge is 0.466 e. The van der Waals surface area contributed by atoms with Gasteiger partial charge in [-0.2, -0.15) is 0 Å². The second-order valence-electron chi connectivity index (χ2n) is 6.55. The van der Waals surface area contributed by atoms with Crippen molar-refractivity contribution in [3.05, 3.63) is 35.9 Å². The number of esters is 1. The zero-order valence-electron chi connectivity index (χ0n) is 14.1. The number of hydrogen-bond acceptors (Lipinski definition) is 5. The van der Waals surface area contributed by atoms with E-state index >= 15 is 0 Å². The molecule has 1 aromatic carbocycles. The predicted molar refractivity (Wildman–Crippen MR) is 87.4 cm³/mol. The number of fused-ring (bicyclic) bond motifs is 1. The molecule has 2 heterocycles. The summed E-state index contributed by atoms with van der Waals surface area (Å²) in [6.45, 7) is 5.25. The van der Waals surface area contributed by atoms with Gasteiger partial charge in [-0.1, -0.05) is 37.3 Å². The Kier molecular flexibility index (Phi) is 4.60. The maximum Gasteiger partial charge on any atom is 0.315 e. The van der Waals surface area contributed by atoms with Gasteiger partial charge in [0.15, 0.2) is 0 Å². The van der Waals surface area contributed by atoms with Crippen LogP contribution in [0.3, 0.4) is 0 Å². The fourth-order valence-corrected chi connectivity index (χ4v) is 3.90. The Bertz CT molecular complexity index is 621. The van der Waals surface area contributed by atoms with Crippen molar-refractivity contribution in [2.75, 3.05) is 19.7 Å². The minimum atomic E-state index is -1.61. The molecule has 0 aromatic heterocycles. The number of carbonyl (C=O) groups is 2. The van der Waals surface area contributed by atoms with Gasteiger partial charge in [0.2, 0.25) is 11.8 Å². The van der Waals surface area contributed by atoms with Crippen LogP contribution in [0.15, 0.2) is 30.3 Å². The molecular formula is C18H24N2O4. The van der Waals surface area contributed by atoms with Crippen molar-refractivity contribution in [3.8, 4) is 0 Å². The van der Waals surface area contributed by atoms with Gasteiger partial charge in [0.1, 0.15) is 5.92 Å². The molecule has 6 heteroatoms. The smallest absolute Gasteiger partial charge is 0.315 e. The molecular weight excluding hydrogens is 308 g/mol. The molecule has 2 aliphatic rings.